The number of esters is 1. The van der Waals surface area contributed by atoms with E-state index < -0.39 is 0 Å². The minimum Gasteiger partial charge on any atom is -0.466 e. The Labute approximate surface area is 94.7 Å². The van der Waals surface area contributed by atoms with E-state index in [9.17, 15) is 4.79 Å². The van der Waals surface area contributed by atoms with Gasteiger partial charge in [0.2, 0.25) is 0 Å². The quantitative estimate of drug-likeness (QED) is 0.234. The van der Waals surface area contributed by atoms with Crippen molar-refractivity contribution < 1.29 is 19.5 Å². The van der Waals surface area contributed by atoms with Crippen LogP contribution in [-0.4, -0.2) is 37.2 Å². The second kappa shape index (κ2) is 7.00. The molecular weight excluding hydrogens is 210 g/mol. The normalized spacial score (nSPS) is 18.1. The van der Waals surface area contributed by atoms with Gasteiger partial charge in [-0.25, -0.2) is 4.79 Å². The summed E-state index contributed by atoms with van der Waals surface area (Å²) in [6, 6.07) is 0. The van der Waals surface area contributed by atoms with Gasteiger partial charge in [0, 0.05) is 6.08 Å². The Morgan fingerprint density at radius 2 is 2.38 bits per heavy atom. The van der Waals surface area contributed by atoms with Gasteiger partial charge in [-0.15, -0.1) is 0 Å². The summed E-state index contributed by atoms with van der Waals surface area (Å²) in [7, 11) is 1.35. The Morgan fingerprint density at radius 3 is 2.94 bits per heavy atom. The van der Waals surface area contributed by atoms with E-state index in [1.165, 1.54) is 19.4 Å². The summed E-state index contributed by atoms with van der Waals surface area (Å²) >= 11 is 0. The molecule has 1 aliphatic rings. The zero-order valence-corrected chi connectivity index (χ0v) is 9.33. The SMILES string of the molecule is COC(=O)/C=C/CC(OC/C=N\O)C1CC1. The lowest BCUT2D eigenvalue weighted by molar-refractivity contribution is -0.134. The number of oxime groups is 1. The third-order valence-electron chi connectivity index (χ3n) is 2.44. The van der Waals surface area contributed by atoms with Gasteiger partial charge in [0.05, 0.1) is 26.0 Å². The van der Waals surface area contributed by atoms with Crippen LogP contribution in [-0.2, 0) is 14.3 Å². The van der Waals surface area contributed by atoms with Crippen molar-refractivity contribution in [2.45, 2.75) is 25.4 Å². The molecule has 5 heteroatoms. The third kappa shape index (κ3) is 4.93. The maximum absolute atomic E-state index is 10.8. The third-order valence-corrected chi connectivity index (χ3v) is 2.44. The molecule has 0 aromatic heterocycles. The molecule has 0 radical (unpaired) electrons. The molecule has 0 bridgehead atoms. The minimum atomic E-state index is -0.355. The van der Waals surface area contributed by atoms with Crippen molar-refractivity contribution in [2.24, 2.45) is 11.1 Å². The smallest absolute Gasteiger partial charge is 0.330 e. The first-order chi connectivity index (χ1) is 7.77. The molecule has 5 nitrogen and oxygen atoms in total. The second-order valence-corrected chi connectivity index (χ2v) is 3.67. The lowest BCUT2D eigenvalue weighted by Gasteiger charge is -2.13. The second-order valence-electron chi connectivity index (χ2n) is 3.67. The van der Waals surface area contributed by atoms with Gasteiger partial charge in [0.15, 0.2) is 0 Å². The van der Waals surface area contributed by atoms with E-state index in [-0.39, 0.29) is 12.1 Å². The Balaban J connectivity index is 2.27. The molecule has 0 amide bonds. The number of carbonyl (C=O) groups excluding carboxylic acids is 1. The van der Waals surface area contributed by atoms with Gasteiger partial charge >= 0.3 is 5.97 Å². The fourth-order valence-corrected chi connectivity index (χ4v) is 1.43. The first-order valence-corrected chi connectivity index (χ1v) is 5.30. The summed E-state index contributed by atoms with van der Waals surface area (Å²) in [5.74, 6) is 0.209. The van der Waals surface area contributed by atoms with Gasteiger partial charge in [0.1, 0.15) is 0 Å². The van der Waals surface area contributed by atoms with Crippen LogP contribution in [0.25, 0.3) is 0 Å². The van der Waals surface area contributed by atoms with Gasteiger partial charge in [-0.1, -0.05) is 11.2 Å². The van der Waals surface area contributed by atoms with Crippen molar-refractivity contribution in [3.8, 4) is 0 Å². The first kappa shape index (κ1) is 12.7. The molecule has 0 heterocycles. The number of nitrogens with zero attached hydrogens (tertiary/aromatic N) is 1. The minimum absolute atomic E-state index is 0.0962. The Morgan fingerprint density at radius 1 is 1.62 bits per heavy atom. The summed E-state index contributed by atoms with van der Waals surface area (Å²) in [4.78, 5) is 10.8. The highest BCUT2D eigenvalue weighted by atomic mass is 16.5. The van der Waals surface area contributed by atoms with E-state index in [1.807, 2.05) is 0 Å². The average Bonchev–Trinajstić information content (AvgIpc) is 3.11. The molecule has 90 valence electrons. The Hall–Kier alpha value is -1.36. The molecule has 1 unspecified atom stereocenters. The highest BCUT2D eigenvalue weighted by Gasteiger charge is 2.30. The molecule has 1 atom stereocenters. The van der Waals surface area contributed by atoms with Crippen LogP contribution >= 0.6 is 0 Å². The van der Waals surface area contributed by atoms with E-state index in [4.69, 9.17) is 9.94 Å². The predicted octanol–water partition coefficient (Wildman–Crippen LogP) is 1.36. The van der Waals surface area contributed by atoms with E-state index in [0.29, 0.717) is 18.9 Å². The summed E-state index contributed by atoms with van der Waals surface area (Å²) in [5, 5.41) is 11.1. The Bertz CT molecular complexity index is 271. The highest BCUT2D eigenvalue weighted by molar-refractivity contribution is 5.81. The monoisotopic (exact) mass is 227 g/mol. The van der Waals surface area contributed by atoms with Crippen LogP contribution in [0.4, 0.5) is 0 Å². The number of hydrogen-bond donors (Lipinski definition) is 1. The van der Waals surface area contributed by atoms with Crippen molar-refractivity contribution in [3.63, 3.8) is 0 Å². The molecule has 0 spiro atoms. The standard InChI is InChI=1S/C11H17NO4/c1-15-11(13)4-2-3-10(9-5-6-9)16-8-7-12-14/h2,4,7,9-10,14H,3,5-6,8H2,1H3/b4-2+,12-7-. The van der Waals surface area contributed by atoms with Crippen LogP contribution in [0, 0.1) is 5.92 Å². The molecule has 0 aliphatic heterocycles. The van der Waals surface area contributed by atoms with Gasteiger partial charge < -0.3 is 14.7 Å². The van der Waals surface area contributed by atoms with Crippen LogP contribution in [0.1, 0.15) is 19.3 Å². The van der Waals surface area contributed by atoms with Crippen molar-refractivity contribution in [2.75, 3.05) is 13.7 Å². The van der Waals surface area contributed by atoms with Gasteiger partial charge in [-0.3, -0.25) is 0 Å². The maximum Gasteiger partial charge on any atom is 0.330 e. The summed E-state index contributed by atoms with van der Waals surface area (Å²) in [6.07, 6.45) is 7.56. The Kier molecular flexibility index (Phi) is 5.56. The molecule has 1 aliphatic carbocycles. The van der Waals surface area contributed by atoms with Gasteiger partial charge in [-0.2, -0.15) is 0 Å². The molecule has 16 heavy (non-hydrogen) atoms. The van der Waals surface area contributed by atoms with E-state index in [1.54, 1.807) is 6.08 Å². The molecule has 0 saturated heterocycles. The van der Waals surface area contributed by atoms with Gasteiger partial charge in [-0.05, 0) is 25.2 Å². The number of hydrogen-bond acceptors (Lipinski definition) is 5. The number of methoxy groups -OCH3 is 1. The summed E-state index contributed by atoms with van der Waals surface area (Å²) in [5.41, 5.74) is 0. The van der Waals surface area contributed by atoms with E-state index >= 15 is 0 Å². The van der Waals surface area contributed by atoms with Crippen LogP contribution < -0.4 is 0 Å². The number of rotatable bonds is 7. The maximum atomic E-state index is 10.8. The fraction of sp³-hybridized carbons (Fsp3) is 0.636. The lowest BCUT2D eigenvalue weighted by atomic mass is 10.1. The molecule has 0 aromatic carbocycles. The molecular formula is C11H17NO4. The molecule has 1 fully saturated rings. The van der Waals surface area contributed by atoms with Crippen LogP contribution in [0.3, 0.4) is 0 Å². The number of carbonyl (C=O) groups is 1. The number of ether oxygens (including phenoxy) is 2. The summed E-state index contributed by atoms with van der Waals surface area (Å²) in [6.45, 7) is 0.295. The topological polar surface area (TPSA) is 68.1 Å². The molecule has 1 rings (SSSR count). The van der Waals surface area contributed by atoms with E-state index in [2.05, 4.69) is 9.89 Å². The average molecular weight is 227 g/mol. The van der Waals surface area contributed by atoms with Crippen molar-refractivity contribution in [3.05, 3.63) is 12.2 Å². The molecule has 1 saturated carbocycles. The van der Waals surface area contributed by atoms with Crippen molar-refractivity contribution in [1.82, 2.24) is 0 Å². The van der Waals surface area contributed by atoms with Crippen LogP contribution in [0.15, 0.2) is 17.3 Å². The first-order valence-electron chi connectivity index (χ1n) is 5.30. The summed E-state index contributed by atoms with van der Waals surface area (Å²) < 4.78 is 10.00. The zero-order chi connectivity index (χ0) is 11.8. The van der Waals surface area contributed by atoms with Gasteiger partial charge in [0.25, 0.3) is 0 Å². The zero-order valence-electron chi connectivity index (χ0n) is 9.33. The lowest BCUT2D eigenvalue weighted by Crippen LogP contribution is -2.16. The van der Waals surface area contributed by atoms with Crippen LogP contribution in [0.2, 0.25) is 0 Å². The molecule has 1 N–H and O–H groups in total. The molecule has 0 aromatic rings. The van der Waals surface area contributed by atoms with Crippen molar-refractivity contribution in [1.29, 1.82) is 0 Å². The highest BCUT2D eigenvalue weighted by Crippen LogP contribution is 2.35. The van der Waals surface area contributed by atoms with Crippen molar-refractivity contribution >= 4 is 12.2 Å². The largest absolute Gasteiger partial charge is 0.466 e. The fourth-order valence-electron chi connectivity index (χ4n) is 1.43. The van der Waals surface area contributed by atoms with Crippen LogP contribution in [0.5, 0.6) is 0 Å². The van der Waals surface area contributed by atoms with E-state index in [0.717, 1.165) is 12.8 Å². The predicted molar refractivity (Wildman–Crippen MR) is 58.5 cm³/mol.